The highest BCUT2D eigenvalue weighted by molar-refractivity contribution is 5.94. The van der Waals surface area contributed by atoms with Crippen molar-refractivity contribution < 1.29 is 4.79 Å². The number of amides is 1. The summed E-state index contributed by atoms with van der Waals surface area (Å²) in [5.74, 6) is -0.174. The van der Waals surface area contributed by atoms with Crippen LogP contribution in [0.2, 0.25) is 0 Å². The van der Waals surface area contributed by atoms with Crippen LogP contribution in [0.3, 0.4) is 0 Å². The minimum Gasteiger partial charge on any atom is -0.355 e. The fraction of sp³-hybridized carbons (Fsp3) is 0.125. The van der Waals surface area contributed by atoms with Crippen LogP contribution in [0.15, 0.2) is 29.4 Å². The van der Waals surface area contributed by atoms with Gasteiger partial charge in [0, 0.05) is 12.6 Å². The second-order valence-electron chi connectivity index (χ2n) is 2.22. The van der Waals surface area contributed by atoms with E-state index in [0.717, 1.165) is 0 Å². The maximum absolute atomic E-state index is 11.0. The first-order valence-corrected chi connectivity index (χ1v) is 3.43. The molecule has 0 radical (unpaired) electrons. The fourth-order valence-electron chi connectivity index (χ4n) is 0.818. The Morgan fingerprint density at radius 3 is 2.33 bits per heavy atom. The van der Waals surface area contributed by atoms with Crippen molar-refractivity contribution in [3.8, 4) is 0 Å². The third-order valence-electron chi connectivity index (χ3n) is 1.46. The van der Waals surface area contributed by atoms with Crippen molar-refractivity contribution in [3.63, 3.8) is 0 Å². The van der Waals surface area contributed by atoms with Crippen LogP contribution in [0.25, 0.3) is 0 Å². The molecule has 0 aliphatic carbocycles. The van der Waals surface area contributed by atoms with Gasteiger partial charge in [-0.15, -0.1) is 4.91 Å². The molecule has 0 aliphatic heterocycles. The predicted molar refractivity (Wildman–Crippen MR) is 45.3 cm³/mol. The van der Waals surface area contributed by atoms with Gasteiger partial charge in [0.05, 0.1) is 0 Å². The summed E-state index contributed by atoms with van der Waals surface area (Å²) >= 11 is 0. The van der Waals surface area contributed by atoms with E-state index < -0.39 is 0 Å². The zero-order valence-electron chi connectivity index (χ0n) is 6.57. The summed E-state index contributed by atoms with van der Waals surface area (Å²) < 4.78 is 0. The molecule has 0 fully saturated rings. The molecule has 0 aromatic heterocycles. The van der Waals surface area contributed by atoms with Gasteiger partial charge in [-0.25, -0.2) is 0 Å². The van der Waals surface area contributed by atoms with Crippen molar-refractivity contribution in [3.05, 3.63) is 34.7 Å². The van der Waals surface area contributed by atoms with Crippen molar-refractivity contribution in [2.45, 2.75) is 0 Å². The minimum atomic E-state index is -0.174. The Morgan fingerprint density at radius 2 is 1.92 bits per heavy atom. The molecule has 0 bridgehead atoms. The highest BCUT2D eigenvalue weighted by atomic mass is 16.3. The van der Waals surface area contributed by atoms with Gasteiger partial charge in [-0.2, -0.15) is 0 Å². The predicted octanol–water partition coefficient (Wildman–Crippen LogP) is 1.44. The number of hydrogen-bond acceptors (Lipinski definition) is 3. The third kappa shape index (κ3) is 1.66. The summed E-state index contributed by atoms with van der Waals surface area (Å²) in [4.78, 5) is 21.0. The first-order chi connectivity index (χ1) is 5.77. The van der Waals surface area contributed by atoms with Crippen LogP contribution in [0.5, 0.6) is 0 Å². The van der Waals surface area contributed by atoms with Crippen LogP contribution in [-0.2, 0) is 0 Å². The number of rotatable bonds is 2. The Balaban J connectivity index is 2.91. The van der Waals surface area contributed by atoms with E-state index in [1.807, 2.05) is 0 Å². The Kier molecular flexibility index (Phi) is 2.53. The van der Waals surface area contributed by atoms with Crippen LogP contribution in [0, 0.1) is 4.91 Å². The van der Waals surface area contributed by atoms with E-state index >= 15 is 0 Å². The molecule has 12 heavy (non-hydrogen) atoms. The van der Waals surface area contributed by atoms with E-state index in [1.54, 1.807) is 19.2 Å². The minimum absolute atomic E-state index is 0.174. The number of hydrogen-bond donors (Lipinski definition) is 1. The van der Waals surface area contributed by atoms with E-state index in [-0.39, 0.29) is 5.91 Å². The molecule has 1 aromatic carbocycles. The number of nitrogens with zero attached hydrogens (tertiary/aromatic N) is 1. The molecule has 1 amide bonds. The SMILES string of the molecule is CNC(=O)c1ccc(N=O)cc1. The van der Waals surface area contributed by atoms with Gasteiger partial charge in [0.2, 0.25) is 0 Å². The Hall–Kier alpha value is -1.71. The van der Waals surface area contributed by atoms with Crippen LogP contribution in [0.1, 0.15) is 10.4 Å². The van der Waals surface area contributed by atoms with Crippen LogP contribution in [-0.4, -0.2) is 13.0 Å². The average molecular weight is 164 g/mol. The van der Waals surface area contributed by atoms with E-state index in [0.29, 0.717) is 11.3 Å². The molecule has 0 spiro atoms. The third-order valence-corrected chi connectivity index (χ3v) is 1.46. The summed E-state index contributed by atoms with van der Waals surface area (Å²) in [5.41, 5.74) is 0.840. The van der Waals surface area contributed by atoms with Crippen molar-refractivity contribution in [1.29, 1.82) is 0 Å². The molecule has 0 aliphatic rings. The Morgan fingerprint density at radius 1 is 1.33 bits per heavy atom. The fourth-order valence-corrected chi connectivity index (χ4v) is 0.818. The van der Waals surface area contributed by atoms with E-state index in [1.165, 1.54) is 12.1 Å². The lowest BCUT2D eigenvalue weighted by Gasteiger charge is -1.97. The number of nitroso groups, excluding NO2 is 1. The first kappa shape index (κ1) is 8.39. The van der Waals surface area contributed by atoms with Crippen molar-refractivity contribution in [1.82, 2.24) is 5.32 Å². The molecular formula is C8H8N2O2. The zero-order valence-corrected chi connectivity index (χ0v) is 6.57. The van der Waals surface area contributed by atoms with Gasteiger partial charge in [0.25, 0.3) is 5.91 Å². The summed E-state index contributed by atoms with van der Waals surface area (Å²) in [6.07, 6.45) is 0. The van der Waals surface area contributed by atoms with Gasteiger partial charge in [-0.1, -0.05) is 0 Å². The van der Waals surface area contributed by atoms with Gasteiger partial charge in [-0.05, 0) is 29.4 Å². The quantitative estimate of drug-likeness (QED) is 0.672. The molecule has 0 atom stereocenters. The molecule has 4 heteroatoms. The summed E-state index contributed by atoms with van der Waals surface area (Å²) in [5, 5.41) is 5.19. The van der Waals surface area contributed by atoms with Crippen LogP contribution < -0.4 is 5.32 Å². The molecule has 0 saturated heterocycles. The van der Waals surface area contributed by atoms with Crippen LogP contribution >= 0.6 is 0 Å². The monoisotopic (exact) mass is 164 g/mol. The number of carbonyl (C=O) groups is 1. The lowest BCUT2D eigenvalue weighted by atomic mass is 10.2. The molecule has 62 valence electrons. The highest BCUT2D eigenvalue weighted by Gasteiger charge is 2.01. The zero-order chi connectivity index (χ0) is 8.97. The summed E-state index contributed by atoms with van der Waals surface area (Å²) in [7, 11) is 1.55. The summed E-state index contributed by atoms with van der Waals surface area (Å²) in [6, 6.07) is 6.10. The van der Waals surface area contributed by atoms with E-state index in [9.17, 15) is 9.70 Å². The maximum Gasteiger partial charge on any atom is 0.251 e. The average Bonchev–Trinajstić information content (AvgIpc) is 2.17. The van der Waals surface area contributed by atoms with E-state index in [4.69, 9.17) is 0 Å². The molecule has 1 rings (SSSR count). The molecule has 0 saturated carbocycles. The second-order valence-corrected chi connectivity index (χ2v) is 2.22. The highest BCUT2D eigenvalue weighted by Crippen LogP contribution is 2.11. The topological polar surface area (TPSA) is 58.5 Å². The van der Waals surface area contributed by atoms with Gasteiger partial charge in [0.15, 0.2) is 0 Å². The van der Waals surface area contributed by atoms with Gasteiger partial charge >= 0.3 is 0 Å². The lowest BCUT2D eigenvalue weighted by molar-refractivity contribution is 0.0963. The van der Waals surface area contributed by atoms with Crippen molar-refractivity contribution in [2.75, 3.05) is 7.05 Å². The van der Waals surface area contributed by atoms with Gasteiger partial charge in [-0.3, -0.25) is 4.79 Å². The van der Waals surface area contributed by atoms with Gasteiger partial charge < -0.3 is 5.32 Å². The standard InChI is InChI=1S/C8H8N2O2/c1-9-8(11)6-2-4-7(10-12)5-3-6/h2-5H,1H3,(H,9,11). The molecule has 1 N–H and O–H groups in total. The van der Waals surface area contributed by atoms with E-state index in [2.05, 4.69) is 10.5 Å². The molecule has 0 heterocycles. The summed E-state index contributed by atoms with van der Waals surface area (Å²) in [6.45, 7) is 0. The molecule has 1 aromatic rings. The number of carbonyl (C=O) groups excluding carboxylic acids is 1. The first-order valence-electron chi connectivity index (χ1n) is 3.43. The normalized spacial score (nSPS) is 9.08. The van der Waals surface area contributed by atoms with Gasteiger partial charge in [0.1, 0.15) is 5.69 Å². The molecule has 0 unspecified atom stereocenters. The largest absolute Gasteiger partial charge is 0.355 e. The maximum atomic E-state index is 11.0. The number of nitrogens with one attached hydrogen (secondary N) is 1. The second kappa shape index (κ2) is 3.61. The van der Waals surface area contributed by atoms with Crippen molar-refractivity contribution >= 4 is 11.6 Å². The number of benzene rings is 1. The molecule has 4 nitrogen and oxygen atoms in total. The Bertz CT molecular complexity index is 292. The lowest BCUT2D eigenvalue weighted by Crippen LogP contribution is -2.17. The van der Waals surface area contributed by atoms with Crippen LogP contribution in [0.4, 0.5) is 5.69 Å². The smallest absolute Gasteiger partial charge is 0.251 e. The Labute approximate surface area is 69.6 Å². The molecular weight excluding hydrogens is 156 g/mol. The van der Waals surface area contributed by atoms with Crippen molar-refractivity contribution in [2.24, 2.45) is 5.18 Å².